The van der Waals surface area contributed by atoms with Gasteiger partial charge in [0.2, 0.25) is 11.8 Å². The summed E-state index contributed by atoms with van der Waals surface area (Å²) in [5, 5.41) is 3.45. The Labute approximate surface area is 121 Å². The molecule has 0 amide bonds. The van der Waals surface area contributed by atoms with Gasteiger partial charge in [-0.2, -0.15) is 4.98 Å². The van der Waals surface area contributed by atoms with Crippen LogP contribution >= 0.6 is 0 Å². The summed E-state index contributed by atoms with van der Waals surface area (Å²) in [6.45, 7) is 10.3. The summed E-state index contributed by atoms with van der Waals surface area (Å²) in [4.78, 5) is 11.4. The molecular formula is C15H26N4O. The largest absolute Gasteiger partial charge is 0.478 e. The predicted octanol–water partition coefficient (Wildman–Crippen LogP) is 2.47. The third-order valence-corrected chi connectivity index (χ3v) is 3.58. The quantitative estimate of drug-likeness (QED) is 0.866. The Morgan fingerprint density at radius 2 is 2.05 bits per heavy atom. The molecule has 0 bridgehead atoms. The zero-order valence-electron chi connectivity index (χ0n) is 12.9. The molecule has 1 aliphatic rings. The summed E-state index contributed by atoms with van der Waals surface area (Å²) in [6, 6.07) is 2.35. The van der Waals surface area contributed by atoms with E-state index >= 15 is 0 Å². The first-order chi connectivity index (χ1) is 9.71. The van der Waals surface area contributed by atoms with Crippen molar-refractivity contribution < 1.29 is 4.74 Å². The molecule has 0 spiro atoms. The van der Waals surface area contributed by atoms with Crippen molar-refractivity contribution in [3.63, 3.8) is 0 Å². The highest BCUT2D eigenvalue weighted by Gasteiger charge is 2.19. The lowest BCUT2D eigenvalue weighted by molar-refractivity contribution is 0.219. The van der Waals surface area contributed by atoms with Gasteiger partial charge in [-0.1, -0.05) is 6.92 Å². The van der Waals surface area contributed by atoms with Crippen molar-refractivity contribution in [3.8, 4) is 5.88 Å². The van der Waals surface area contributed by atoms with Crippen molar-refractivity contribution in [1.29, 1.82) is 0 Å². The van der Waals surface area contributed by atoms with E-state index in [0.717, 1.165) is 31.6 Å². The van der Waals surface area contributed by atoms with Crippen LogP contribution in [0.1, 0.15) is 38.8 Å². The van der Waals surface area contributed by atoms with Gasteiger partial charge in [-0.3, -0.25) is 0 Å². The fraction of sp³-hybridized carbons (Fsp3) is 0.733. The van der Waals surface area contributed by atoms with Crippen molar-refractivity contribution in [2.75, 3.05) is 31.6 Å². The van der Waals surface area contributed by atoms with Crippen LogP contribution in [0.25, 0.3) is 0 Å². The number of anilines is 1. The van der Waals surface area contributed by atoms with E-state index in [4.69, 9.17) is 4.74 Å². The first-order valence-electron chi connectivity index (χ1n) is 7.68. The fourth-order valence-electron chi connectivity index (χ4n) is 2.63. The minimum Gasteiger partial charge on any atom is -0.478 e. The monoisotopic (exact) mass is 278 g/mol. The van der Waals surface area contributed by atoms with Gasteiger partial charge < -0.3 is 15.0 Å². The molecule has 0 unspecified atom stereocenters. The average molecular weight is 278 g/mol. The summed E-state index contributed by atoms with van der Waals surface area (Å²) in [5.41, 5.74) is 0.939. The van der Waals surface area contributed by atoms with E-state index in [1.807, 2.05) is 19.9 Å². The molecule has 0 aromatic carbocycles. The Bertz CT molecular complexity index is 416. The Morgan fingerprint density at radius 1 is 1.30 bits per heavy atom. The molecule has 0 saturated carbocycles. The summed E-state index contributed by atoms with van der Waals surface area (Å²) in [7, 11) is 0. The Morgan fingerprint density at radius 3 is 2.70 bits per heavy atom. The summed E-state index contributed by atoms with van der Waals surface area (Å²) >= 11 is 0. The summed E-state index contributed by atoms with van der Waals surface area (Å²) in [6.07, 6.45) is 3.54. The van der Waals surface area contributed by atoms with Gasteiger partial charge in [0.1, 0.15) is 0 Å². The van der Waals surface area contributed by atoms with Gasteiger partial charge in [-0.25, -0.2) is 4.98 Å². The van der Waals surface area contributed by atoms with Crippen molar-refractivity contribution >= 4 is 5.95 Å². The standard InChI is InChI=1S/C15H26N4O/c1-4-8-19-9-6-13(7-10-19)17-15-16-12(3)11-14(18-15)20-5-2/h11,13H,4-10H2,1-3H3,(H,16,17,18). The van der Waals surface area contributed by atoms with Gasteiger partial charge in [0, 0.05) is 30.9 Å². The van der Waals surface area contributed by atoms with E-state index in [0.29, 0.717) is 24.5 Å². The van der Waals surface area contributed by atoms with Crippen LogP contribution in [-0.4, -0.2) is 47.2 Å². The molecular weight excluding hydrogens is 252 g/mol. The lowest BCUT2D eigenvalue weighted by Gasteiger charge is -2.32. The number of ether oxygens (including phenoxy) is 1. The molecule has 1 aromatic heterocycles. The predicted molar refractivity (Wildman–Crippen MR) is 81.3 cm³/mol. The highest BCUT2D eigenvalue weighted by atomic mass is 16.5. The van der Waals surface area contributed by atoms with Crippen molar-refractivity contribution in [1.82, 2.24) is 14.9 Å². The summed E-state index contributed by atoms with van der Waals surface area (Å²) in [5.74, 6) is 1.35. The van der Waals surface area contributed by atoms with Gasteiger partial charge in [-0.15, -0.1) is 0 Å². The fourth-order valence-corrected chi connectivity index (χ4v) is 2.63. The van der Waals surface area contributed by atoms with Gasteiger partial charge in [0.25, 0.3) is 0 Å². The molecule has 1 saturated heterocycles. The second-order valence-electron chi connectivity index (χ2n) is 5.36. The molecule has 5 heteroatoms. The maximum atomic E-state index is 5.47. The molecule has 0 radical (unpaired) electrons. The van der Waals surface area contributed by atoms with E-state index in [9.17, 15) is 0 Å². The SMILES string of the molecule is CCCN1CCC(Nc2nc(C)cc(OCC)n2)CC1. The van der Waals surface area contributed by atoms with Crippen LogP contribution in [-0.2, 0) is 0 Å². The lowest BCUT2D eigenvalue weighted by atomic mass is 10.1. The second-order valence-corrected chi connectivity index (χ2v) is 5.36. The van der Waals surface area contributed by atoms with Gasteiger partial charge >= 0.3 is 0 Å². The van der Waals surface area contributed by atoms with Crippen LogP contribution in [0.2, 0.25) is 0 Å². The number of hydrogen-bond donors (Lipinski definition) is 1. The Kier molecular flexibility index (Phi) is 5.59. The van der Waals surface area contributed by atoms with Crippen LogP contribution in [0, 0.1) is 6.92 Å². The first kappa shape index (κ1) is 15.0. The molecule has 5 nitrogen and oxygen atoms in total. The number of likely N-dealkylation sites (tertiary alicyclic amines) is 1. The molecule has 1 fully saturated rings. The number of aromatic nitrogens is 2. The molecule has 2 heterocycles. The van der Waals surface area contributed by atoms with Crippen LogP contribution in [0.15, 0.2) is 6.07 Å². The third kappa shape index (κ3) is 4.34. The van der Waals surface area contributed by atoms with Gasteiger partial charge in [-0.05, 0) is 39.7 Å². The molecule has 2 rings (SSSR count). The second kappa shape index (κ2) is 7.43. The van der Waals surface area contributed by atoms with Crippen molar-refractivity contribution in [2.24, 2.45) is 0 Å². The molecule has 0 aliphatic carbocycles. The lowest BCUT2D eigenvalue weighted by Crippen LogP contribution is -2.39. The molecule has 1 N–H and O–H groups in total. The van der Waals surface area contributed by atoms with E-state index in [1.165, 1.54) is 13.0 Å². The molecule has 112 valence electrons. The zero-order chi connectivity index (χ0) is 14.4. The Hall–Kier alpha value is -1.36. The maximum Gasteiger partial charge on any atom is 0.226 e. The zero-order valence-corrected chi connectivity index (χ0v) is 12.9. The van der Waals surface area contributed by atoms with Gasteiger partial charge in [0.05, 0.1) is 6.61 Å². The van der Waals surface area contributed by atoms with Crippen molar-refractivity contribution in [2.45, 2.75) is 46.1 Å². The van der Waals surface area contributed by atoms with Crippen LogP contribution in [0.5, 0.6) is 5.88 Å². The smallest absolute Gasteiger partial charge is 0.226 e. The number of nitrogens with one attached hydrogen (secondary N) is 1. The molecule has 0 atom stereocenters. The number of piperidine rings is 1. The highest BCUT2D eigenvalue weighted by molar-refractivity contribution is 5.31. The normalized spacial score (nSPS) is 17.1. The van der Waals surface area contributed by atoms with Crippen LogP contribution < -0.4 is 10.1 Å². The topological polar surface area (TPSA) is 50.3 Å². The van der Waals surface area contributed by atoms with E-state index < -0.39 is 0 Å². The Balaban J connectivity index is 1.90. The van der Waals surface area contributed by atoms with E-state index in [-0.39, 0.29) is 0 Å². The molecule has 1 aliphatic heterocycles. The number of rotatable bonds is 6. The van der Waals surface area contributed by atoms with Gasteiger partial charge in [0.15, 0.2) is 0 Å². The van der Waals surface area contributed by atoms with E-state index in [2.05, 4.69) is 27.1 Å². The highest BCUT2D eigenvalue weighted by Crippen LogP contribution is 2.17. The molecule has 1 aromatic rings. The van der Waals surface area contributed by atoms with E-state index in [1.54, 1.807) is 0 Å². The first-order valence-corrected chi connectivity index (χ1v) is 7.68. The maximum absolute atomic E-state index is 5.47. The van der Waals surface area contributed by atoms with Crippen molar-refractivity contribution in [3.05, 3.63) is 11.8 Å². The third-order valence-electron chi connectivity index (χ3n) is 3.58. The van der Waals surface area contributed by atoms with Crippen LogP contribution in [0.3, 0.4) is 0 Å². The average Bonchev–Trinajstić information content (AvgIpc) is 2.41. The van der Waals surface area contributed by atoms with Crippen LogP contribution in [0.4, 0.5) is 5.95 Å². The number of nitrogens with zero attached hydrogens (tertiary/aromatic N) is 3. The molecule has 20 heavy (non-hydrogen) atoms. The summed E-state index contributed by atoms with van der Waals surface area (Å²) < 4.78 is 5.47. The number of aryl methyl sites for hydroxylation is 1. The number of hydrogen-bond acceptors (Lipinski definition) is 5. The minimum atomic E-state index is 0.472. The minimum absolute atomic E-state index is 0.472.